The monoisotopic (exact) mass is 645 g/mol. The number of carbonyl (C=O) groups is 3. The van der Waals surface area contributed by atoms with Gasteiger partial charge in [0.05, 0.1) is 23.7 Å². The number of phenols is 1. The summed E-state index contributed by atoms with van der Waals surface area (Å²) in [6.07, 6.45) is 7.36. The van der Waals surface area contributed by atoms with Gasteiger partial charge in [0.15, 0.2) is 5.78 Å². The molecule has 2 unspecified atom stereocenters. The second-order valence-electron chi connectivity index (χ2n) is 11.5. The van der Waals surface area contributed by atoms with E-state index >= 15 is 4.39 Å². The minimum absolute atomic E-state index is 0.122. The van der Waals surface area contributed by atoms with E-state index in [0.29, 0.717) is 39.0 Å². The SMILES string of the molecule is CC(=O)c1cn(CC(=O)N2C[C@H](F)C[C@H]2C(=O)NC2=CC=CC(c3ccccc3)C2(F)Cl)c2cc(O)c(-c3cnc(C)nc3)cc12. The van der Waals surface area contributed by atoms with E-state index in [1.807, 2.05) is 0 Å². The molecule has 0 radical (unpaired) electrons. The van der Waals surface area contributed by atoms with E-state index in [9.17, 15) is 23.9 Å². The number of ketones is 1. The molecule has 46 heavy (non-hydrogen) atoms. The van der Waals surface area contributed by atoms with E-state index in [2.05, 4.69) is 15.3 Å². The van der Waals surface area contributed by atoms with E-state index < -0.39 is 35.1 Å². The van der Waals surface area contributed by atoms with Crippen molar-refractivity contribution in [3.8, 4) is 16.9 Å². The molecular formula is C34H30ClF2N5O4. The Labute approximate surface area is 268 Å². The number of likely N-dealkylation sites (tertiary alicyclic amines) is 1. The van der Waals surface area contributed by atoms with Crippen molar-refractivity contribution in [1.82, 2.24) is 24.8 Å². The Morgan fingerprint density at radius 3 is 2.57 bits per heavy atom. The fraction of sp³-hybridized carbons (Fsp3) is 0.265. The number of carbonyl (C=O) groups excluding carboxylic acids is 3. The van der Waals surface area contributed by atoms with Crippen LogP contribution in [0, 0.1) is 6.92 Å². The number of aromatic nitrogens is 3. The molecule has 2 amide bonds. The quantitative estimate of drug-likeness (QED) is 0.202. The van der Waals surface area contributed by atoms with Gasteiger partial charge < -0.3 is 19.9 Å². The molecule has 236 valence electrons. The highest BCUT2D eigenvalue weighted by molar-refractivity contribution is 6.26. The van der Waals surface area contributed by atoms with Crippen molar-refractivity contribution >= 4 is 40.1 Å². The van der Waals surface area contributed by atoms with Crippen LogP contribution in [-0.4, -0.2) is 66.0 Å². The topological polar surface area (TPSA) is 117 Å². The number of hydrogen-bond acceptors (Lipinski definition) is 6. The minimum Gasteiger partial charge on any atom is -0.507 e. The number of amides is 2. The van der Waals surface area contributed by atoms with Crippen molar-refractivity contribution in [1.29, 1.82) is 0 Å². The largest absolute Gasteiger partial charge is 0.507 e. The Hall–Kier alpha value is -4.90. The third-order valence-corrected chi connectivity index (χ3v) is 8.82. The molecule has 1 aliphatic carbocycles. The van der Waals surface area contributed by atoms with Crippen LogP contribution in [0.3, 0.4) is 0 Å². The summed E-state index contributed by atoms with van der Waals surface area (Å²) in [5.74, 6) is -2.09. The Bertz CT molecular complexity index is 1910. The van der Waals surface area contributed by atoms with E-state index in [-0.39, 0.29) is 36.7 Å². The lowest BCUT2D eigenvalue weighted by molar-refractivity contribution is -0.138. The molecule has 0 bridgehead atoms. The van der Waals surface area contributed by atoms with Crippen molar-refractivity contribution in [2.24, 2.45) is 0 Å². The molecule has 1 fully saturated rings. The average Bonchev–Trinajstić information content (AvgIpc) is 3.59. The van der Waals surface area contributed by atoms with Gasteiger partial charge in [-0.1, -0.05) is 54.1 Å². The van der Waals surface area contributed by atoms with Crippen LogP contribution in [0.2, 0.25) is 0 Å². The minimum atomic E-state index is -2.49. The predicted molar refractivity (Wildman–Crippen MR) is 169 cm³/mol. The molecule has 2 aliphatic rings. The molecule has 2 aromatic carbocycles. The molecule has 0 spiro atoms. The third-order valence-electron chi connectivity index (χ3n) is 8.38. The second-order valence-corrected chi connectivity index (χ2v) is 12.0. The predicted octanol–water partition coefficient (Wildman–Crippen LogP) is 5.51. The van der Waals surface area contributed by atoms with Gasteiger partial charge in [0.1, 0.15) is 30.3 Å². The van der Waals surface area contributed by atoms with E-state index in [4.69, 9.17) is 11.6 Å². The summed E-state index contributed by atoms with van der Waals surface area (Å²) >= 11 is 6.36. The Morgan fingerprint density at radius 2 is 1.87 bits per heavy atom. The molecule has 6 rings (SSSR count). The molecule has 4 atom stereocenters. The van der Waals surface area contributed by atoms with Gasteiger partial charge in [0.2, 0.25) is 16.9 Å². The van der Waals surface area contributed by atoms with Gasteiger partial charge in [-0.15, -0.1) is 0 Å². The fourth-order valence-electron chi connectivity index (χ4n) is 6.03. The van der Waals surface area contributed by atoms with Crippen LogP contribution in [0.25, 0.3) is 22.0 Å². The summed E-state index contributed by atoms with van der Waals surface area (Å²) < 4.78 is 32.2. The lowest BCUT2D eigenvalue weighted by Gasteiger charge is -2.32. The maximum absolute atomic E-state index is 16.0. The summed E-state index contributed by atoms with van der Waals surface area (Å²) in [4.78, 5) is 49.1. The number of allylic oxidation sites excluding steroid dienone is 4. The molecule has 4 aromatic rings. The molecule has 12 heteroatoms. The van der Waals surface area contributed by atoms with Crippen LogP contribution < -0.4 is 5.32 Å². The summed E-state index contributed by atoms with van der Waals surface area (Å²) in [5, 5.41) is 11.4. The number of Topliss-reactive ketones (excluding diaryl/α,β-unsaturated/α-hetero) is 1. The summed E-state index contributed by atoms with van der Waals surface area (Å²) in [7, 11) is 0. The number of fused-ring (bicyclic) bond motifs is 1. The van der Waals surface area contributed by atoms with Crippen LogP contribution in [-0.2, 0) is 16.1 Å². The molecule has 9 nitrogen and oxygen atoms in total. The summed E-state index contributed by atoms with van der Waals surface area (Å²) in [5.41, 5.74) is 2.03. The van der Waals surface area contributed by atoms with E-state index in [1.165, 1.54) is 29.8 Å². The fourth-order valence-corrected chi connectivity index (χ4v) is 6.34. The number of aryl methyl sites for hydroxylation is 1. The van der Waals surface area contributed by atoms with Gasteiger partial charge in [-0.05, 0) is 31.6 Å². The Morgan fingerprint density at radius 1 is 1.15 bits per heavy atom. The van der Waals surface area contributed by atoms with Gasteiger partial charge in [-0.25, -0.2) is 18.7 Å². The molecular weight excluding hydrogens is 616 g/mol. The van der Waals surface area contributed by atoms with E-state index in [1.54, 1.807) is 67.9 Å². The number of nitrogens with zero attached hydrogens (tertiary/aromatic N) is 4. The van der Waals surface area contributed by atoms with Crippen molar-refractivity contribution in [3.63, 3.8) is 0 Å². The normalized spacial score (nSPS) is 22.6. The number of rotatable bonds is 7. The highest BCUT2D eigenvalue weighted by atomic mass is 35.5. The Kier molecular flexibility index (Phi) is 8.20. The number of nitrogens with one attached hydrogen (secondary N) is 1. The lowest BCUT2D eigenvalue weighted by Crippen LogP contribution is -2.49. The second kappa shape index (κ2) is 12.1. The van der Waals surface area contributed by atoms with Gasteiger partial charge >= 0.3 is 0 Å². The number of alkyl halides is 3. The summed E-state index contributed by atoms with van der Waals surface area (Å²) in [6, 6.07) is 10.6. The molecule has 2 N–H and O–H groups in total. The van der Waals surface area contributed by atoms with Crippen molar-refractivity contribution in [2.45, 2.75) is 50.1 Å². The Balaban J connectivity index is 1.25. The molecule has 3 heterocycles. The van der Waals surface area contributed by atoms with Gasteiger partial charge in [-0.3, -0.25) is 14.4 Å². The lowest BCUT2D eigenvalue weighted by atomic mass is 9.88. The first kappa shape index (κ1) is 31.1. The van der Waals surface area contributed by atoms with Crippen LogP contribution in [0.4, 0.5) is 8.78 Å². The highest BCUT2D eigenvalue weighted by Gasteiger charge is 2.45. The van der Waals surface area contributed by atoms with Crippen molar-refractivity contribution in [3.05, 3.63) is 102 Å². The highest BCUT2D eigenvalue weighted by Crippen LogP contribution is 2.44. The number of halogens is 3. The molecule has 2 aromatic heterocycles. The van der Waals surface area contributed by atoms with Crippen LogP contribution in [0.5, 0.6) is 5.75 Å². The maximum atomic E-state index is 16.0. The third kappa shape index (κ3) is 5.78. The average molecular weight is 646 g/mol. The number of hydrogen-bond donors (Lipinski definition) is 2. The molecule has 1 aliphatic heterocycles. The maximum Gasteiger partial charge on any atom is 0.247 e. The van der Waals surface area contributed by atoms with Gasteiger partial charge in [-0.2, -0.15) is 0 Å². The molecule has 1 saturated heterocycles. The van der Waals surface area contributed by atoms with Crippen LogP contribution >= 0.6 is 11.6 Å². The van der Waals surface area contributed by atoms with Crippen LogP contribution in [0.15, 0.2) is 85.0 Å². The van der Waals surface area contributed by atoms with Crippen molar-refractivity contribution in [2.75, 3.05) is 6.54 Å². The first-order chi connectivity index (χ1) is 21.9. The zero-order chi connectivity index (χ0) is 32.7. The summed E-state index contributed by atoms with van der Waals surface area (Å²) in [6.45, 7) is 2.42. The number of phenolic OH excluding ortho intramolecular Hbond substituents is 1. The van der Waals surface area contributed by atoms with Crippen LogP contribution in [0.1, 0.15) is 41.0 Å². The van der Waals surface area contributed by atoms with E-state index in [0.717, 1.165) is 4.90 Å². The van der Waals surface area contributed by atoms with Crippen molar-refractivity contribution < 1.29 is 28.3 Å². The number of aromatic hydroxyl groups is 1. The number of benzene rings is 2. The zero-order valence-electron chi connectivity index (χ0n) is 25.0. The zero-order valence-corrected chi connectivity index (χ0v) is 25.7. The van der Waals surface area contributed by atoms with Gasteiger partial charge in [0.25, 0.3) is 0 Å². The first-order valence-electron chi connectivity index (χ1n) is 14.7. The van der Waals surface area contributed by atoms with Gasteiger partial charge in [0, 0.05) is 53.2 Å². The first-order valence-corrected chi connectivity index (χ1v) is 15.0. The molecule has 0 saturated carbocycles. The standard InChI is InChI=1S/C34H30ClF2N5O4/c1-19(43)26-17-41(28-13-30(44)24(12-25(26)28)22-14-38-20(2)39-15-22)18-32(45)42-16-23(36)11-29(42)33(46)40-31-10-6-9-27(34(31,35)37)21-7-4-3-5-8-21/h3-10,12-15,17,23,27,29,44H,11,16,18H2,1-2H3,(H,40,46)/t23-,27?,29+,34?/m1/s1. The smallest absolute Gasteiger partial charge is 0.247 e.